The van der Waals surface area contributed by atoms with Crippen LogP contribution in [0.4, 0.5) is 0 Å². The van der Waals surface area contributed by atoms with Gasteiger partial charge >= 0.3 is 5.97 Å². The van der Waals surface area contributed by atoms with Crippen LogP contribution in [0.15, 0.2) is 42.5 Å². The molecule has 0 aliphatic carbocycles. The van der Waals surface area contributed by atoms with Gasteiger partial charge in [0.2, 0.25) is 0 Å². The zero-order valence-corrected chi connectivity index (χ0v) is 18.1. The number of hydrogen-bond acceptors (Lipinski definition) is 3. The van der Waals surface area contributed by atoms with E-state index in [1.165, 1.54) is 0 Å². The molecule has 2 aromatic rings. The molecule has 1 unspecified atom stereocenters. The molecular weight excluding hydrogens is 354 g/mol. The molecule has 5 heteroatoms. The zero-order valence-electron chi connectivity index (χ0n) is 17.1. The highest BCUT2D eigenvalue weighted by Gasteiger charge is 2.46. The number of carbonyl (C=O) groups is 2. The van der Waals surface area contributed by atoms with E-state index < -0.39 is 8.32 Å². The average Bonchev–Trinajstić information content (AvgIpc) is 3.02. The molecule has 4 nitrogen and oxygen atoms in total. The Hall–Kier alpha value is -2.14. The van der Waals surface area contributed by atoms with E-state index in [0.717, 1.165) is 23.7 Å². The molecule has 1 atom stereocenters. The number of nitrogens with one attached hydrogen (secondary N) is 1. The first-order chi connectivity index (χ1) is 12.7. The van der Waals surface area contributed by atoms with Crippen molar-refractivity contribution in [3.05, 3.63) is 48.2 Å². The minimum absolute atomic E-state index is 0.188. The quantitative estimate of drug-likeness (QED) is 0.343. The lowest BCUT2D eigenvalue weighted by molar-refractivity contribution is -0.117. The second-order valence-electron chi connectivity index (χ2n) is 8.32. The van der Waals surface area contributed by atoms with E-state index in [9.17, 15) is 9.59 Å². The van der Waals surface area contributed by atoms with Crippen molar-refractivity contribution in [1.29, 1.82) is 0 Å². The molecule has 0 spiro atoms. The van der Waals surface area contributed by atoms with E-state index in [4.69, 9.17) is 4.43 Å². The van der Waals surface area contributed by atoms with Crippen LogP contribution in [0.2, 0.25) is 17.6 Å². The Balaban J connectivity index is 2.12. The summed E-state index contributed by atoms with van der Waals surface area (Å²) in [7, 11) is -2.61. The molecule has 1 aromatic carbocycles. The number of para-hydroxylation sites is 1. The maximum Gasteiger partial charge on any atom is 0.341 e. The largest absolute Gasteiger partial charge is 0.514 e. The smallest absolute Gasteiger partial charge is 0.341 e. The lowest BCUT2D eigenvalue weighted by Gasteiger charge is -2.38. The number of fused-ring (bicyclic) bond motifs is 1. The summed E-state index contributed by atoms with van der Waals surface area (Å²) in [6.45, 7) is 10.2. The van der Waals surface area contributed by atoms with Gasteiger partial charge in [0.05, 0.1) is 0 Å². The molecule has 1 heterocycles. The maximum absolute atomic E-state index is 12.8. The Morgan fingerprint density at radius 3 is 2.56 bits per heavy atom. The average molecular weight is 386 g/mol. The van der Waals surface area contributed by atoms with Crippen LogP contribution in [0.5, 0.6) is 0 Å². The summed E-state index contributed by atoms with van der Waals surface area (Å²) in [5, 5.41) is 0.747. The normalized spacial score (nSPS) is 14.4. The van der Waals surface area contributed by atoms with Crippen molar-refractivity contribution in [3.8, 4) is 0 Å². The van der Waals surface area contributed by atoms with Crippen molar-refractivity contribution in [1.82, 2.24) is 4.98 Å². The van der Waals surface area contributed by atoms with Gasteiger partial charge in [-0.25, -0.2) is 4.79 Å². The first kappa shape index (κ1) is 21.2. The minimum atomic E-state index is -2.61. The number of H-pyrrole nitrogens is 1. The van der Waals surface area contributed by atoms with Gasteiger partial charge < -0.3 is 9.41 Å². The van der Waals surface area contributed by atoms with Gasteiger partial charge in [-0.3, -0.25) is 4.79 Å². The highest BCUT2D eigenvalue weighted by atomic mass is 28.4. The number of aromatic nitrogens is 1. The van der Waals surface area contributed by atoms with Gasteiger partial charge in [0.1, 0.15) is 11.5 Å². The molecule has 146 valence electrons. The van der Waals surface area contributed by atoms with E-state index in [1.807, 2.05) is 49.9 Å². The Morgan fingerprint density at radius 1 is 1.22 bits per heavy atom. The fourth-order valence-corrected chi connectivity index (χ4v) is 5.30. The van der Waals surface area contributed by atoms with Crippen molar-refractivity contribution in [2.45, 2.75) is 64.6 Å². The third-order valence-electron chi connectivity index (χ3n) is 5.25. The predicted octanol–water partition coefficient (Wildman–Crippen LogP) is 6.02. The predicted molar refractivity (Wildman–Crippen MR) is 114 cm³/mol. The fourth-order valence-electron chi connectivity index (χ4n) is 2.95. The van der Waals surface area contributed by atoms with Gasteiger partial charge in [0.15, 0.2) is 0 Å². The highest BCUT2D eigenvalue weighted by molar-refractivity contribution is 6.79. The molecule has 1 N–H and O–H groups in total. The van der Waals surface area contributed by atoms with Gasteiger partial charge in [0.25, 0.3) is 8.32 Å². The summed E-state index contributed by atoms with van der Waals surface area (Å²) in [5.41, 5.74) is 1.35. The van der Waals surface area contributed by atoms with Crippen molar-refractivity contribution >= 4 is 31.0 Å². The number of ketones is 1. The topological polar surface area (TPSA) is 59.2 Å². The number of rotatable bonds is 8. The lowest BCUT2D eigenvalue weighted by Crippen LogP contribution is -2.47. The monoisotopic (exact) mass is 385 g/mol. The summed E-state index contributed by atoms with van der Waals surface area (Å²) in [4.78, 5) is 28.5. The molecular formula is C22H31NO3Si. The molecule has 0 saturated heterocycles. The molecule has 27 heavy (non-hydrogen) atoms. The van der Waals surface area contributed by atoms with Crippen LogP contribution in [0.1, 0.15) is 57.4 Å². The minimum Gasteiger partial charge on any atom is -0.514 e. The van der Waals surface area contributed by atoms with E-state index >= 15 is 0 Å². The van der Waals surface area contributed by atoms with E-state index in [2.05, 4.69) is 31.8 Å². The Kier molecular flexibility index (Phi) is 6.82. The van der Waals surface area contributed by atoms with Crippen molar-refractivity contribution in [2.24, 2.45) is 0 Å². The lowest BCUT2D eigenvalue weighted by atomic mass is 10.2. The van der Waals surface area contributed by atoms with Crippen molar-refractivity contribution < 1.29 is 14.0 Å². The molecule has 0 bridgehead atoms. The highest BCUT2D eigenvalue weighted by Crippen LogP contribution is 2.40. The number of Topliss-reactive ketones (excluding diaryl/α,β-unsaturated/α-hetero) is 1. The third-order valence-corrected chi connectivity index (χ3v) is 10.1. The zero-order chi connectivity index (χ0) is 20.1. The van der Waals surface area contributed by atoms with Crippen LogP contribution in [0.3, 0.4) is 0 Å². The maximum atomic E-state index is 12.8. The number of hydrogen-bond donors (Lipinski definition) is 1. The molecule has 0 aliphatic heterocycles. The Bertz CT molecular complexity index is 798. The van der Waals surface area contributed by atoms with Gasteiger partial charge in [0, 0.05) is 23.4 Å². The van der Waals surface area contributed by atoms with Crippen LogP contribution in [-0.2, 0) is 9.22 Å². The molecule has 0 saturated carbocycles. The van der Waals surface area contributed by atoms with Gasteiger partial charge in [-0.05, 0) is 43.5 Å². The summed E-state index contributed by atoms with van der Waals surface area (Å²) in [6, 6.07) is 9.92. The van der Waals surface area contributed by atoms with Crippen LogP contribution in [0.25, 0.3) is 10.9 Å². The van der Waals surface area contributed by atoms with Crippen LogP contribution in [0, 0.1) is 0 Å². The van der Waals surface area contributed by atoms with Gasteiger partial charge in [-0.2, -0.15) is 0 Å². The number of allylic oxidation sites excluding steroid dienone is 2. The molecule has 0 amide bonds. The number of aromatic amines is 1. The second-order valence-corrected chi connectivity index (χ2v) is 12.8. The molecule has 1 aromatic heterocycles. The van der Waals surface area contributed by atoms with Crippen molar-refractivity contribution in [3.63, 3.8) is 0 Å². The Labute approximate surface area is 163 Å². The first-order valence-corrected chi connectivity index (χ1v) is 12.2. The van der Waals surface area contributed by atoms with Gasteiger partial charge in [-0.15, -0.1) is 0 Å². The van der Waals surface area contributed by atoms with Crippen LogP contribution >= 0.6 is 0 Å². The number of unbranched alkanes of at least 4 members (excludes halogenated alkanes) is 1. The van der Waals surface area contributed by atoms with E-state index in [0.29, 0.717) is 18.2 Å². The van der Waals surface area contributed by atoms with Crippen molar-refractivity contribution in [2.75, 3.05) is 0 Å². The summed E-state index contributed by atoms with van der Waals surface area (Å²) in [6.07, 6.45) is 6.36. The van der Waals surface area contributed by atoms with E-state index in [1.54, 1.807) is 0 Å². The number of carbonyl (C=O) groups excluding carboxylic acids is 2. The SMILES string of the molecule is CC=CCCCC(=O)C[Si](C)(OC(=O)c1cc2ccccc2[nH]1)C(C)(C)C. The fraction of sp³-hybridized carbons (Fsp3) is 0.455. The molecule has 2 rings (SSSR count). The van der Waals surface area contributed by atoms with Gasteiger partial charge in [-0.1, -0.05) is 51.1 Å². The summed E-state index contributed by atoms with van der Waals surface area (Å²) >= 11 is 0. The summed E-state index contributed by atoms with van der Waals surface area (Å²) < 4.78 is 6.05. The molecule has 0 fully saturated rings. The molecule has 0 aliphatic rings. The first-order valence-electron chi connectivity index (χ1n) is 9.60. The van der Waals surface area contributed by atoms with Crippen LogP contribution in [-0.4, -0.2) is 25.1 Å². The van der Waals surface area contributed by atoms with E-state index in [-0.39, 0.29) is 16.8 Å². The second kappa shape index (κ2) is 8.70. The standard InChI is InChI=1S/C22H31NO3Si/c1-6-7-8-9-13-18(24)16-27(5,22(2,3)4)26-21(25)20-15-17-12-10-11-14-19(17)23-20/h6-7,10-12,14-15,23H,8-9,13,16H2,1-5H3. The Morgan fingerprint density at radius 2 is 1.93 bits per heavy atom. The number of benzene rings is 1. The van der Waals surface area contributed by atoms with Crippen LogP contribution < -0.4 is 0 Å². The third kappa shape index (κ3) is 5.42. The molecule has 0 radical (unpaired) electrons. The summed E-state index contributed by atoms with van der Waals surface area (Å²) in [5.74, 6) is -0.176.